The molecule has 0 aliphatic carbocycles. The van der Waals surface area contributed by atoms with Gasteiger partial charge in [-0.2, -0.15) is 0 Å². The summed E-state index contributed by atoms with van der Waals surface area (Å²) >= 11 is 0. The number of aromatic amines is 1. The van der Waals surface area contributed by atoms with Crippen molar-refractivity contribution in [2.24, 2.45) is 0 Å². The third-order valence-corrected chi connectivity index (χ3v) is 4.90. The Morgan fingerprint density at radius 1 is 0.967 bits per heavy atom. The highest BCUT2D eigenvalue weighted by molar-refractivity contribution is 6.54. The van der Waals surface area contributed by atoms with Gasteiger partial charge in [-0.3, -0.25) is 0 Å². The number of ether oxygens (including phenoxy) is 1. The first-order valence-corrected chi connectivity index (χ1v) is 11.1. The smallest absolute Gasteiger partial charge is 0.162 e. The monoisotopic (exact) mass is 404 g/mol. The van der Waals surface area contributed by atoms with Gasteiger partial charge >= 0.3 is 0 Å². The van der Waals surface area contributed by atoms with Crippen LogP contribution in [-0.4, -0.2) is 23.4 Å². The number of aromatic nitrogens is 2. The summed E-state index contributed by atoms with van der Waals surface area (Å²) in [4.78, 5) is 7.00. The maximum Gasteiger partial charge on any atom is 0.162 e. The topological polar surface area (TPSA) is 37.9 Å². The third kappa shape index (κ3) is 8.90. The molecule has 0 atom stereocenters. The van der Waals surface area contributed by atoms with Crippen LogP contribution in [0.25, 0.3) is 0 Å². The highest BCUT2D eigenvalue weighted by Gasteiger charge is 2.13. The molecule has 4 heteroatoms. The molecule has 1 aromatic heterocycles. The highest BCUT2D eigenvalue weighted by atomic mass is 16.5. The Morgan fingerprint density at radius 2 is 1.67 bits per heavy atom. The van der Waals surface area contributed by atoms with E-state index < -0.39 is 0 Å². The molecule has 2 aromatic carbocycles. The van der Waals surface area contributed by atoms with Gasteiger partial charge in [-0.05, 0) is 43.8 Å². The molecular weight excluding hydrogens is 367 g/mol. The van der Waals surface area contributed by atoms with Crippen LogP contribution < -0.4 is 10.2 Å². The van der Waals surface area contributed by atoms with Crippen molar-refractivity contribution >= 4 is 12.7 Å². The van der Waals surface area contributed by atoms with Crippen LogP contribution in [0.2, 0.25) is 6.32 Å². The summed E-state index contributed by atoms with van der Waals surface area (Å²) in [5, 5.41) is 0. The van der Waals surface area contributed by atoms with Crippen molar-refractivity contribution in [2.75, 3.05) is 0 Å². The number of H-pyrrole nitrogens is 1. The Bertz CT molecular complexity index is 824. The molecule has 1 N–H and O–H groups in total. The van der Waals surface area contributed by atoms with E-state index in [1.54, 1.807) is 6.33 Å². The molecule has 0 saturated heterocycles. The van der Waals surface area contributed by atoms with Gasteiger partial charge in [-0.1, -0.05) is 82.0 Å². The third-order valence-electron chi connectivity index (χ3n) is 4.90. The molecule has 160 valence electrons. The second-order valence-electron chi connectivity index (χ2n) is 9.04. The number of hydrogen-bond donors (Lipinski definition) is 1. The molecule has 0 amide bonds. The summed E-state index contributed by atoms with van der Waals surface area (Å²) in [5.41, 5.74) is 4.17. The predicted octanol–water partition coefficient (Wildman–Crippen LogP) is 5.68. The normalized spacial score (nSPS) is 11.0. The van der Waals surface area contributed by atoms with Crippen molar-refractivity contribution in [3.05, 3.63) is 78.4 Å². The maximum atomic E-state index is 5.87. The molecule has 0 radical (unpaired) electrons. The van der Waals surface area contributed by atoms with Crippen LogP contribution in [0.5, 0.6) is 5.75 Å². The van der Waals surface area contributed by atoms with E-state index >= 15 is 0 Å². The van der Waals surface area contributed by atoms with Gasteiger partial charge in [0.15, 0.2) is 7.28 Å². The molecule has 0 saturated carbocycles. The number of unbranched alkanes of at least 4 members (excludes halogenated alkanes) is 1. The molecule has 3 nitrogen and oxygen atoms in total. The molecule has 0 aliphatic heterocycles. The zero-order chi connectivity index (χ0) is 21.8. The Kier molecular flexibility index (Phi) is 9.73. The van der Waals surface area contributed by atoms with E-state index in [0.717, 1.165) is 13.0 Å². The summed E-state index contributed by atoms with van der Waals surface area (Å²) in [6.45, 7) is 10.6. The Morgan fingerprint density at radius 3 is 2.27 bits per heavy atom. The second-order valence-corrected chi connectivity index (χ2v) is 9.04. The summed E-state index contributed by atoms with van der Waals surface area (Å²) < 4.78 is 5.87. The zero-order valence-corrected chi connectivity index (χ0v) is 19.3. The van der Waals surface area contributed by atoms with Crippen LogP contribution in [-0.2, 0) is 11.8 Å². The fourth-order valence-corrected chi connectivity index (χ4v) is 3.21. The molecule has 0 spiro atoms. The number of aryl methyl sites for hydroxylation is 1. The number of nitrogens with zero attached hydrogens (tertiary/aromatic N) is 1. The Hall–Kier alpha value is -2.49. The minimum absolute atomic E-state index is 0.205. The number of imidazole rings is 1. The van der Waals surface area contributed by atoms with Crippen LogP contribution in [0.3, 0.4) is 0 Å². The molecular formula is C26H37BN2O. The number of nitrogens with one attached hydrogen (secondary N) is 1. The van der Waals surface area contributed by atoms with Crippen LogP contribution in [0.1, 0.15) is 58.7 Å². The van der Waals surface area contributed by atoms with Gasteiger partial charge in [0.1, 0.15) is 5.75 Å². The Labute approximate surface area is 183 Å². The lowest BCUT2D eigenvalue weighted by atomic mass is 9.65. The molecule has 3 rings (SSSR count). The summed E-state index contributed by atoms with van der Waals surface area (Å²) in [7, 11) is 1.11. The maximum absolute atomic E-state index is 5.87. The first kappa shape index (κ1) is 23.8. The molecule has 1 heterocycles. The van der Waals surface area contributed by atoms with Crippen LogP contribution in [0, 0.1) is 0 Å². The molecule has 0 fully saturated rings. The second kappa shape index (κ2) is 12.3. The first-order chi connectivity index (χ1) is 14.4. The average molecular weight is 404 g/mol. The lowest BCUT2D eigenvalue weighted by molar-refractivity contribution is 0.244. The molecule has 3 aromatic rings. The van der Waals surface area contributed by atoms with Gasteiger partial charge in [-0.15, -0.1) is 0 Å². The zero-order valence-electron chi connectivity index (χ0n) is 19.3. The fraction of sp³-hybridized carbons (Fsp3) is 0.423. The van der Waals surface area contributed by atoms with Crippen LogP contribution in [0.4, 0.5) is 0 Å². The van der Waals surface area contributed by atoms with Crippen LogP contribution >= 0.6 is 0 Å². The summed E-state index contributed by atoms with van der Waals surface area (Å²) in [6, 6.07) is 19.2. The standard InChI is InChI=1S/C19H25BO.C7H12N2/c1-16(2)21-19-14-7-6-13-18(19)20-15-9-8-12-17-10-4-3-5-11-17;1-7(2,3)6-4-8-5-9-6/h3-7,10-11,13-14,16,20H,8-9,12,15H2,1-2H3;4-5H,1-3H3,(H,8,9). The lowest BCUT2D eigenvalue weighted by Gasteiger charge is -2.14. The van der Waals surface area contributed by atoms with Crippen molar-refractivity contribution in [2.45, 2.75) is 71.7 Å². The largest absolute Gasteiger partial charge is 0.492 e. The van der Waals surface area contributed by atoms with Crippen molar-refractivity contribution in [1.82, 2.24) is 9.97 Å². The van der Waals surface area contributed by atoms with Crippen molar-refractivity contribution in [3.63, 3.8) is 0 Å². The van der Waals surface area contributed by atoms with E-state index in [1.165, 1.54) is 42.3 Å². The molecule has 0 bridgehead atoms. The average Bonchev–Trinajstić information content (AvgIpc) is 3.25. The SMILES string of the molecule is CC(C)(C)c1cnc[nH]1.CC(C)Oc1ccccc1BCCCCc1ccccc1. The number of hydrogen-bond acceptors (Lipinski definition) is 2. The van der Waals surface area contributed by atoms with E-state index in [-0.39, 0.29) is 11.5 Å². The molecule has 0 unspecified atom stereocenters. The van der Waals surface area contributed by atoms with Gasteiger partial charge in [0.25, 0.3) is 0 Å². The van der Waals surface area contributed by atoms with Crippen molar-refractivity contribution < 1.29 is 4.74 Å². The quantitative estimate of drug-likeness (QED) is 0.387. The fourth-order valence-electron chi connectivity index (χ4n) is 3.21. The first-order valence-electron chi connectivity index (χ1n) is 11.1. The van der Waals surface area contributed by atoms with Crippen molar-refractivity contribution in [1.29, 1.82) is 0 Å². The number of para-hydroxylation sites is 1. The van der Waals surface area contributed by atoms with Crippen LogP contribution in [0.15, 0.2) is 67.1 Å². The van der Waals surface area contributed by atoms with Gasteiger partial charge in [-0.25, -0.2) is 4.98 Å². The van der Waals surface area contributed by atoms with Gasteiger partial charge < -0.3 is 9.72 Å². The van der Waals surface area contributed by atoms with Crippen molar-refractivity contribution in [3.8, 4) is 5.75 Å². The molecule has 30 heavy (non-hydrogen) atoms. The number of benzene rings is 2. The van der Waals surface area contributed by atoms with Gasteiger partial charge in [0.05, 0.1) is 12.4 Å². The predicted molar refractivity (Wildman–Crippen MR) is 130 cm³/mol. The summed E-state index contributed by atoms with van der Waals surface area (Å²) in [5.74, 6) is 1.05. The number of rotatable bonds is 8. The van der Waals surface area contributed by atoms with E-state index in [1.807, 2.05) is 6.20 Å². The molecule has 0 aliphatic rings. The highest BCUT2D eigenvalue weighted by Crippen LogP contribution is 2.17. The van der Waals surface area contributed by atoms with Gasteiger partial charge in [0, 0.05) is 17.3 Å². The Balaban J connectivity index is 0.000000297. The van der Waals surface area contributed by atoms with E-state index in [2.05, 4.69) is 99.2 Å². The summed E-state index contributed by atoms with van der Waals surface area (Å²) in [6.07, 6.45) is 8.75. The van der Waals surface area contributed by atoms with E-state index in [4.69, 9.17) is 4.74 Å². The van der Waals surface area contributed by atoms with Gasteiger partial charge in [0.2, 0.25) is 0 Å². The van der Waals surface area contributed by atoms with E-state index in [0.29, 0.717) is 0 Å². The minimum atomic E-state index is 0.205. The lowest BCUT2D eigenvalue weighted by Crippen LogP contribution is -2.20. The minimum Gasteiger partial charge on any atom is -0.492 e. The van der Waals surface area contributed by atoms with E-state index in [9.17, 15) is 0 Å².